The highest BCUT2D eigenvalue weighted by Crippen LogP contribution is 2.56. The maximum absolute atomic E-state index is 13.0. The molecule has 58 valence electrons. The molecule has 1 spiro atoms. The summed E-state index contributed by atoms with van der Waals surface area (Å²) in [6, 6.07) is -0.161. The van der Waals surface area contributed by atoms with Crippen molar-refractivity contribution in [3.8, 4) is 0 Å². The molecule has 10 heavy (non-hydrogen) atoms. The summed E-state index contributed by atoms with van der Waals surface area (Å²) >= 11 is 0. The quantitative estimate of drug-likeness (QED) is 0.548. The molecule has 0 aromatic carbocycles. The maximum atomic E-state index is 13.0. The molecule has 0 heterocycles. The number of halogens is 1. The molecule has 2 aliphatic carbocycles. The lowest BCUT2D eigenvalue weighted by molar-refractivity contribution is 0.159. The Morgan fingerprint density at radius 2 is 2.00 bits per heavy atom. The second-order valence-electron chi connectivity index (χ2n) is 3.92. The Morgan fingerprint density at radius 3 is 2.50 bits per heavy atom. The first-order valence-electron chi connectivity index (χ1n) is 4.12. The standard InChI is InChI=1S/C8H14FN/c9-6-5-8(3-4-8)2-1-7(6)10/h6-7H,1-5,10H2/t6-,7+/m1/s1. The lowest BCUT2D eigenvalue weighted by Crippen LogP contribution is -2.38. The molecule has 0 aliphatic heterocycles. The van der Waals surface area contributed by atoms with Gasteiger partial charge < -0.3 is 5.73 Å². The molecule has 0 aromatic rings. The number of alkyl halides is 1. The molecular formula is C8H14FN. The molecule has 2 N–H and O–H groups in total. The smallest absolute Gasteiger partial charge is 0.116 e. The van der Waals surface area contributed by atoms with Crippen LogP contribution in [0.3, 0.4) is 0 Å². The zero-order valence-electron chi connectivity index (χ0n) is 6.15. The van der Waals surface area contributed by atoms with Gasteiger partial charge >= 0.3 is 0 Å². The summed E-state index contributed by atoms with van der Waals surface area (Å²) in [6.07, 6.45) is 4.61. The highest BCUT2D eigenvalue weighted by atomic mass is 19.1. The molecule has 1 nitrogen and oxygen atoms in total. The fourth-order valence-electron chi connectivity index (χ4n) is 1.95. The van der Waals surface area contributed by atoms with Gasteiger partial charge in [-0.05, 0) is 37.5 Å². The van der Waals surface area contributed by atoms with Crippen molar-refractivity contribution in [2.45, 2.75) is 44.3 Å². The summed E-state index contributed by atoms with van der Waals surface area (Å²) in [5.74, 6) is 0. The Labute approximate surface area is 60.8 Å². The SMILES string of the molecule is N[C@H]1CCC2(CC2)C[C@H]1F. The fourth-order valence-corrected chi connectivity index (χ4v) is 1.95. The van der Waals surface area contributed by atoms with Gasteiger partial charge in [0.15, 0.2) is 0 Å². The van der Waals surface area contributed by atoms with Crippen LogP contribution in [0.5, 0.6) is 0 Å². The first-order valence-corrected chi connectivity index (χ1v) is 4.12. The zero-order valence-corrected chi connectivity index (χ0v) is 6.15. The average Bonchev–Trinajstić information content (AvgIpc) is 2.62. The van der Waals surface area contributed by atoms with Gasteiger partial charge in [-0.1, -0.05) is 0 Å². The highest BCUT2D eigenvalue weighted by molar-refractivity contribution is 5.00. The van der Waals surface area contributed by atoms with E-state index < -0.39 is 6.17 Å². The van der Waals surface area contributed by atoms with Crippen molar-refractivity contribution in [2.75, 3.05) is 0 Å². The summed E-state index contributed by atoms with van der Waals surface area (Å²) < 4.78 is 13.0. The molecule has 2 fully saturated rings. The van der Waals surface area contributed by atoms with Gasteiger partial charge in [0.05, 0.1) is 0 Å². The van der Waals surface area contributed by atoms with E-state index in [0.29, 0.717) is 5.41 Å². The molecule has 0 bridgehead atoms. The Kier molecular flexibility index (Phi) is 1.28. The lowest BCUT2D eigenvalue weighted by atomic mass is 9.82. The van der Waals surface area contributed by atoms with Crippen LogP contribution in [0.15, 0.2) is 0 Å². The number of hydrogen-bond acceptors (Lipinski definition) is 1. The molecule has 0 amide bonds. The number of hydrogen-bond donors (Lipinski definition) is 1. The van der Waals surface area contributed by atoms with Crippen molar-refractivity contribution in [3.05, 3.63) is 0 Å². The third kappa shape index (κ3) is 0.947. The third-order valence-electron chi connectivity index (χ3n) is 3.06. The normalized spacial score (nSPS) is 43.8. The van der Waals surface area contributed by atoms with Gasteiger partial charge in [-0.15, -0.1) is 0 Å². The predicted molar refractivity (Wildman–Crippen MR) is 38.4 cm³/mol. The fraction of sp³-hybridized carbons (Fsp3) is 1.00. The molecule has 2 aliphatic rings. The van der Waals surface area contributed by atoms with E-state index in [0.717, 1.165) is 12.8 Å². The Hall–Kier alpha value is -0.110. The summed E-state index contributed by atoms with van der Waals surface area (Å²) in [6.45, 7) is 0. The van der Waals surface area contributed by atoms with Crippen LogP contribution in [0.1, 0.15) is 32.1 Å². The van der Waals surface area contributed by atoms with Crippen LogP contribution in [0.2, 0.25) is 0 Å². The van der Waals surface area contributed by atoms with E-state index in [4.69, 9.17) is 5.73 Å². The Morgan fingerprint density at radius 1 is 1.30 bits per heavy atom. The topological polar surface area (TPSA) is 26.0 Å². The minimum atomic E-state index is -0.712. The monoisotopic (exact) mass is 143 g/mol. The summed E-state index contributed by atoms with van der Waals surface area (Å²) in [5, 5.41) is 0. The van der Waals surface area contributed by atoms with Gasteiger partial charge in [0, 0.05) is 6.04 Å². The first kappa shape index (κ1) is 6.59. The molecule has 0 unspecified atom stereocenters. The van der Waals surface area contributed by atoms with Crippen LogP contribution >= 0.6 is 0 Å². The van der Waals surface area contributed by atoms with Crippen LogP contribution in [0.25, 0.3) is 0 Å². The zero-order chi connectivity index (χ0) is 7.19. The van der Waals surface area contributed by atoms with Gasteiger partial charge in [-0.2, -0.15) is 0 Å². The van der Waals surface area contributed by atoms with Gasteiger partial charge in [0.25, 0.3) is 0 Å². The number of nitrogens with two attached hydrogens (primary N) is 1. The molecule has 2 heteroatoms. The Bertz CT molecular complexity index is 142. The molecule has 2 atom stereocenters. The first-order chi connectivity index (χ1) is 4.72. The summed E-state index contributed by atoms with van der Waals surface area (Å²) in [7, 11) is 0. The molecule has 2 rings (SSSR count). The van der Waals surface area contributed by atoms with E-state index in [1.807, 2.05) is 0 Å². The van der Waals surface area contributed by atoms with Crippen molar-refractivity contribution in [2.24, 2.45) is 11.1 Å². The van der Waals surface area contributed by atoms with Crippen LogP contribution in [-0.2, 0) is 0 Å². The van der Waals surface area contributed by atoms with Crippen LogP contribution in [-0.4, -0.2) is 12.2 Å². The summed E-state index contributed by atoms with van der Waals surface area (Å²) in [5.41, 5.74) is 5.98. The minimum Gasteiger partial charge on any atom is -0.325 e. The average molecular weight is 143 g/mol. The van der Waals surface area contributed by atoms with Crippen molar-refractivity contribution in [1.82, 2.24) is 0 Å². The predicted octanol–water partition coefficient (Wildman–Crippen LogP) is 1.62. The molecule has 0 radical (unpaired) electrons. The van der Waals surface area contributed by atoms with E-state index in [9.17, 15) is 4.39 Å². The van der Waals surface area contributed by atoms with Gasteiger partial charge in [-0.25, -0.2) is 4.39 Å². The molecule has 2 saturated carbocycles. The van der Waals surface area contributed by atoms with E-state index >= 15 is 0 Å². The second kappa shape index (κ2) is 1.94. The minimum absolute atomic E-state index is 0.161. The van der Waals surface area contributed by atoms with Gasteiger partial charge in [0.1, 0.15) is 6.17 Å². The van der Waals surface area contributed by atoms with Crippen LogP contribution < -0.4 is 5.73 Å². The van der Waals surface area contributed by atoms with E-state index in [-0.39, 0.29) is 6.04 Å². The van der Waals surface area contributed by atoms with Gasteiger partial charge in [-0.3, -0.25) is 0 Å². The second-order valence-corrected chi connectivity index (χ2v) is 3.92. The summed E-state index contributed by atoms with van der Waals surface area (Å²) in [4.78, 5) is 0. The highest BCUT2D eigenvalue weighted by Gasteiger charge is 2.48. The van der Waals surface area contributed by atoms with Crippen molar-refractivity contribution in [1.29, 1.82) is 0 Å². The maximum Gasteiger partial charge on any atom is 0.116 e. The molecule has 0 saturated heterocycles. The van der Waals surface area contributed by atoms with Crippen molar-refractivity contribution >= 4 is 0 Å². The van der Waals surface area contributed by atoms with Crippen LogP contribution in [0, 0.1) is 5.41 Å². The lowest BCUT2D eigenvalue weighted by Gasteiger charge is -2.29. The molecular weight excluding hydrogens is 129 g/mol. The van der Waals surface area contributed by atoms with Crippen LogP contribution in [0.4, 0.5) is 4.39 Å². The largest absolute Gasteiger partial charge is 0.325 e. The van der Waals surface area contributed by atoms with Crippen molar-refractivity contribution < 1.29 is 4.39 Å². The van der Waals surface area contributed by atoms with E-state index in [2.05, 4.69) is 0 Å². The molecule has 0 aromatic heterocycles. The number of rotatable bonds is 0. The van der Waals surface area contributed by atoms with E-state index in [1.54, 1.807) is 0 Å². The van der Waals surface area contributed by atoms with Gasteiger partial charge in [0.2, 0.25) is 0 Å². The van der Waals surface area contributed by atoms with Crippen molar-refractivity contribution in [3.63, 3.8) is 0 Å². The third-order valence-corrected chi connectivity index (χ3v) is 3.06. The Balaban J connectivity index is 1.98. The van der Waals surface area contributed by atoms with E-state index in [1.165, 1.54) is 19.3 Å².